The van der Waals surface area contributed by atoms with Crippen LogP contribution in [0.5, 0.6) is 0 Å². The van der Waals surface area contributed by atoms with E-state index in [0.29, 0.717) is 5.52 Å². The molecule has 0 spiro atoms. The summed E-state index contributed by atoms with van der Waals surface area (Å²) < 4.78 is 12.9. The fourth-order valence-corrected chi connectivity index (χ4v) is 1.72. The summed E-state index contributed by atoms with van der Waals surface area (Å²) in [5.74, 6) is -1.09. The van der Waals surface area contributed by atoms with Gasteiger partial charge in [-0.1, -0.05) is 0 Å². The Hall–Kier alpha value is -2.17. The Morgan fingerprint density at radius 3 is 2.88 bits per heavy atom. The van der Waals surface area contributed by atoms with E-state index in [0.717, 1.165) is 10.9 Å². The first-order chi connectivity index (χ1) is 8.06. The number of carbonyl (C=O) groups is 2. The van der Waals surface area contributed by atoms with Gasteiger partial charge in [0.05, 0.1) is 6.42 Å². The van der Waals surface area contributed by atoms with E-state index in [9.17, 15) is 14.0 Å². The van der Waals surface area contributed by atoms with Crippen LogP contribution < -0.4 is 5.32 Å². The minimum Gasteiger partial charge on any atom is -0.361 e. The van der Waals surface area contributed by atoms with Gasteiger partial charge in [-0.3, -0.25) is 14.9 Å². The number of rotatable bonds is 2. The summed E-state index contributed by atoms with van der Waals surface area (Å²) in [6.07, 6.45) is 1.73. The predicted octanol–water partition coefficient (Wildman–Crippen LogP) is 1.51. The molecule has 0 fully saturated rings. The van der Waals surface area contributed by atoms with E-state index in [2.05, 4.69) is 10.3 Å². The average Bonchev–Trinajstić information content (AvgIpc) is 2.59. The average molecular weight is 234 g/mol. The first-order valence-corrected chi connectivity index (χ1v) is 5.12. The zero-order valence-electron chi connectivity index (χ0n) is 9.21. The van der Waals surface area contributed by atoms with E-state index in [1.165, 1.54) is 19.1 Å². The van der Waals surface area contributed by atoms with Crippen LogP contribution in [0.2, 0.25) is 0 Å². The van der Waals surface area contributed by atoms with Crippen molar-refractivity contribution >= 4 is 22.7 Å². The molecule has 0 aliphatic heterocycles. The van der Waals surface area contributed by atoms with E-state index < -0.39 is 0 Å². The summed E-state index contributed by atoms with van der Waals surface area (Å²) in [6.45, 7) is 1.28. The summed E-state index contributed by atoms with van der Waals surface area (Å²) >= 11 is 0. The van der Waals surface area contributed by atoms with Crippen LogP contribution in [-0.2, 0) is 16.0 Å². The van der Waals surface area contributed by atoms with Crippen molar-refractivity contribution in [2.24, 2.45) is 0 Å². The summed E-state index contributed by atoms with van der Waals surface area (Å²) in [5, 5.41) is 2.97. The Labute approximate surface area is 96.8 Å². The molecular formula is C12H11FN2O2. The van der Waals surface area contributed by atoms with Crippen molar-refractivity contribution in [1.29, 1.82) is 0 Å². The van der Waals surface area contributed by atoms with Gasteiger partial charge in [-0.2, -0.15) is 0 Å². The second-order valence-corrected chi connectivity index (χ2v) is 3.78. The van der Waals surface area contributed by atoms with Crippen LogP contribution in [0.1, 0.15) is 12.5 Å². The van der Waals surface area contributed by atoms with Crippen molar-refractivity contribution in [3.05, 3.63) is 35.8 Å². The smallest absolute Gasteiger partial charge is 0.231 e. The normalized spacial score (nSPS) is 10.5. The third kappa shape index (κ3) is 2.50. The Balaban J connectivity index is 2.25. The molecule has 2 aromatic rings. The topological polar surface area (TPSA) is 62.0 Å². The van der Waals surface area contributed by atoms with Crippen LogP contribution >= 0.6 is 0 Å². The largest absolute Gasteiger partial charge is 0.361 e. The van der Waals surface area contributed by atoms with Crippen LogP contribution in [0, 0.1) is 5.82 Å². The standard InChI is InChI=1S/C12H11FN2O2/c1-7(16)15-12(17)4-8-6-14-11-5-9(13)2-3-10(8)11/h2-3,5-6,14H,4H2,1H3,(H,15,16,17). The van der Waals surface area contributed by atoms with Crippen LogP contribution in [-0.4, -0.2) is 16.8 Å². The van der Waals surface area contributed by atoms with Crippen LogP contribution in [0.3, 0.4) is 0 Å². The van der Waals surface area contributed by atoms with E-state index in [-0.39, 0.29) is 24.1 Å². The van der Waals surface area contributed by atoms with Crippen molar-refractivity contribution in [2.45, 2.75) is 13.3 Å². The lowest BCUT2D eigenvalue weighted by Crippen LogP contribution is -2.29. The molecule has 4 nitrogen and oxygen atoms in total. The van der Waals surface area contributed by atoms with Gasteiger partial charge in [0.1, 0.15) is 5.82 Å². The minimum atomic E-state index is -0.388. The van der Waals surface area contributed by atoms with Gasteiger partial charge in [-0.05, 0) is 23.8 Å². The molecule has 88 valence electrons. The predicted molar refractivity (Wildman–Crippen MR) is 60.8 cm³/mol. The highest BCUT2D eigenvalue weighted by atomic mass is 19.1. The molecule has 5 heteroatoms. The van der Waals surface area contributed by atoms with E-state index in [4.69, 9.17) is 0 Å². The lowest BCUT2D eigenvalue weighted by atomic mass is 10.1. The van der Waals surface area contributed by atoms with Crippen LogP contribution in [0.4, 0.5) is 4.39 Å². The SMILES string of the molecule is CC(=O)NC(=O)Cc1c[nH]c2cc(F)ccc12. The monoisotopic (exact) mass is 234 g/mol. The number of hydrogen-bond acceptors (Lipinski definition) is 2. The molecule has 1 aromatic heterocycles. The Bertz CT molecular complexity index is 589. The highest BCUT2D eigenvalue weighted by Gasteiger charge is 2.10. The highest BCUT2D eigenvalue weighted by Crippen LogP contribution is 2.19. The van der Waals surface area contributed by atoms with Crippen LogP contribution in [0.15, 0.2) is 24.4 Å². The van der Waals surface area contributed by atoms with Crippen molar-refractivity contribution in [3.8, 4) is 0 Å². The number of halogens is 1. The number of fused-ring (bicyclic) bond motifs is 1. The molecule has 0 aliphatic rings. The Morgan fingerprint density at radius 2 is 2.18 bits per heavy atom. The second-order valence-electron chi connectivity index (χ2n) is 3.78. The van der Waals surface area contributed by atoms with Crippen molar-refractivity contribution < 1.29 is 14.0 Å². The summed E-state index contributed by atoms with van der Waals surface area (Å²) in [4.78, 5) is 25.0. The molecule has 0 bridgehead atoms. The van der Waals surface area contributed by atoms with Gasteiger partial charge in [0.15, 0.2) is 0 Å². The molecule has 0 unspecified atom stereocenters. The number of hydrogen-bond donors (Lipinski definition) is 2. The lowest BCUT2D eigenvalue weighted by Gasteiger charge is -2.00. The van der Waals surface area contributed by atoms with E-state index in [1.807, 2.05) is 0 Å². The summed E-state index contributed by atoms with van der Waals surface area (Å²) in [6, 6.07) is 4.31. The fourth-order valence-electron chi connectivity index (χ4n) is 1.72. The van der Waals surface area contributed by atoms with Crippen molar-refractivity contribution in [2.75, 3.05) is 0 Å². The molecule has 2 rings (SSSR count). The minimum absolute atomic E-state index is 0.0885. The first-order valence-electron chi connectivity index (χ1n) is 5.12. The number of aromatic amines is 1. The first kappa shape index (κ1) is 11.3. The fraction of sp³-hybridized carbons (Fsp3) is 0.167. The molecule has 0 atom stereocenters. The van der Waals surface area contributed by atoms with Gasteiger partial charge < -0.3 is 4.98 Å². The van der Waals surface area contributed by atoms with E-state index in [1.54, 1.807) is 12.3 Å². The molecule has 1 aromatic carbocycles. The molecule has 0 aliphatic carbocycles. The number of amides is 2. The molecule has 0 saturated heterocycles. The lowest BCUT2D eigenvalue weighted by molar-refractivity contribution is -0.128. The number of benzene rings is 1. The molecule has 1 heterocycles. The Morgan fingerprint density at radius 1 is 1.41 bits per heavy atom. The van der Waals surface area contributed by atoms with Crippen LogP contribution in [0.25, 0.3) is 10.9 Å². The zero-order chi connectivity index (χ0) is 12.4. The molecule has 0 radical (unpaired) electrons. The molecule has 0 saturated carbocycles. The van der Waals surface area contributed by atoms with Crippen molar-refractivity contribution in [1.82, 2.24) is 10.3 Å². The summed E-state index contributed by atoms with van der Waals surface area (Å²) in [5.41, 5.74) is 1.37. The van der Waals surface area contributed by atoms with Gasteiger partial charge in [0.25, 0.3) is 0 Å². The number of H-pyrrole nitrogens is 1. The van der Waals surface area contributed by atoms with Gasteiger partial charge >= 0.3 is 0 Å². The molecule has 2 amide bonds. The third-order valence-corrected chi connectivity index (χ3v) is 2.40. The number of carbonyl (C=O) groups excluding carboxylic acids is 2. The Kier molecular flexibility index (Phi) is 2.91. The van der Waals surface area contributed by atoms with E-state index >= 15 is 0 Å². The highest BCUT2D eigenvalue weighted by molar-refractivity contribution is 5.97. The quantitative estimate of drug-likeness (QED) is 0.827. The maximum atomic E-state index is 12.9. The second kappa shape index (κ2) is 4.37. The molecular weight excluding hydrogens is 223 g/mol. The zero-order valence-corrected chi connectivity index (χ0v) is 9.21. The molecule has 17 heavy (non-hydrogen) atoms. The number of aromatic nitrogens is 1. The van der Waals surface area contributed by atoms with Gasteiger partial charge in [0.2, 0.25) is 11.8 Å². The van der Waals surface area contributed by atoms with Crippen molar-refractivity contribution in [3.63, 3.8) is 0 Å². The maximum absolute atomic E-state index is 12.9. The van der Waals surface area contributed by atoms with Gasteiger partial charge in [-0.25, -0.2) is 4.39 Å². The number of nitrogens with one attached hydrogen (secondary N) is 2. The van der Waals surface area contributed by atoms with Gasteiger partial charge in [-0.15, -0.1) is 0 Å². The third-order valence-electron chi connectivity index (χ3n) is 2.40. The van der Waals surface area contributed by atoms with Gasteiger partial charge in [0, 0.05) is 24.0 Å². The molecule has 2 N–H and O–H groups in total. The maximum Gasteiger partial charge on any atom is 0.231 e. The summed E-state index contributed by atoms with van der Waals surface area (Å²) in [7, 11) is 0. The number of imide groups is 1.